The molecule has 22 heavy (non-hydrogen) atoms. The molecule has 2 amide bonds. The zero-order valence-corrected chi connectivity index (χ0v) is 12.6. The Balaban J connectivity index is 2.17. The molecule has 0 saturated carbocycles. The summed E-state index contributed by atoms with van der Waals surface area (Å²) in [6, 6.07) is 7.45. The summed E-state index contributed by atoms with van der Waals surface area (Å²) in [5.41, 5.74) is 6.48. The Labute approximate surface area is 131 Å². The van der Waals surface area contributed by atoms with Crippen LogP contribution in [-0.4, -0.2) is 35.1 Å². The minimum atomic E-state index is -0.888. The first-order valence-corrected chi connectivity index (χ1v) is 7.13. The van der Waals surface area contributed by atoms with Crippen LogP contribution in [0, 0.1) is 0 Å². The smallest absolute Gasteiger partial charge is 0.261 e. The van der Waals surface area contributed by atoms with Gasteiger partial charge in [-0.25, -0.2) is 0 Å². The highest BCUT2D eigenvalue weighted by Crippen LogP contribution is 2.34. The van der Waals surface area contributed by atoms with Gasteiger partial charge >= 0.3 is 0 Å². The molecule has 112 valence electrons. The van der Waals surface area contributed by atoms with E-state index in [0.717, 1.165) is 4.90 Å². The summed E-state index contributed by atoms with van der Waals surface area (Å²) in [7, 11) is 0. The molecule has 1 aliphatic heterocycles. The summed E-state index contributed by atoms with van der Waals surface area (Å²) >= 11 is 6.14. The van der Waals surface area contributed by atoms with Crippen LogP contribution in [0.2, 0.25) is 5.02 Å². The largest absolute Gasteiger partial charge is 0.320 e. The van der Waals surface area contributed by atoms with Crippen LogP contribution in [0.15, 0.2) is 30.3 Å². The lowest BCUT2D eigenvalue weighted by molar-refractivity contribution is -0.118. The van der Waals surface area contributed by atoms with Gasteiger partial charge in [0.15, 0.2) is 0 Å². The summed E-state index contributed by atoms with van der Waals surface area (Å²) in [5, 5.41) is 1.70. The molecule has 1 heterocycles. The molecule has 1 aliphatic rings. The highest BCUT2D eigenvalue weighted by Gasteiger charge is 2.34. The van der Waals surface area contributed by atoms with Gasteiger partial charge in [-0.2, -0.15) is 0 Å². The van der Waals surface area contributed by atoms with E-state index >= 15 is 0 Å². The van der Waals surface area contributed by atoms with Crippen LogP contribution in [-0.2, 0) is 4.79 Å². The van der Waals surface area contributed by atoms with Gasteiger partial charge < -0.3 is 5.73 Å². The Morgan fingerprint density at radius 2 is 1.82 bits per heavy atom. The Morgan fingerprint density at radius 3 is 2.45 bits per heavy atom. The Morgan fingerprint density at radius 1 is 1.18 bits per heavy atom. The van der Waals surface area contributed by atoms with Crippen LogP contribution < -0.4 is 5.73 Å². The van der Waals surface area contributed by atoms with E-state index < -0.39 is 17.9 Å². The van der Waals surface area contributed by atoms with Crippen LogP contribution in [0.1, 0.15) is 27.6 Å². The molecule has 0 saturated heterocycles. The number of hydrogen-bond donors (Lipinski definition) is 1. The van der Waals surface area contributed by atoms with E-state index in [1.54, 1.807) is 30.3 Å². The van der Waals surface area contributed by atoms with Crippen molar-refractivity contribution in [2.24, 2.45) is 5.73 Å². The van der Waals surface area contributed by atoms with E-state index in [1.807, 2.05) is 0 Å². The van der Waals surface area contributed by atoms with Gasteiger partial charge in [0.05, 0.1) is 12.6 Å². The number of ketones is 1. The molecule has 1 atom stereocenters. The van der Waals surface area contributed by atoms with Crippen molar-refractivity contribution in [2.45, 2.75) is 13.0 Å². The van der Waals surface area contributed by atoms with E-state index in [-0.39, 0.29) is 12.3 Å². The number of amides is 2. The fourth-order valence-electron chi connectivity index (χ4n) is 2.60. The minimum absolute atomic E-state index is 0.133. The van der Waals surface area contributed by atoms with Gasteiger partial charge in [-0.05, 0) is 25.1 Å². The second-order valence-corrected chi connectivity index (χ2v) is 5.67. The van der Waals surface area contributed by atoms with Gasteiger partial charge in [-0.3, -0.25) is 19.3 Å². The van der Waals surface area contributed by atoms with Gasteiger partial charge in [0.2, 0.25) is 0 Å². The van der Waals surface area contributed by atoms with Gasteiger partial charge in [0.1, 0.15) is 5.78 Å². The van der Waals surface area contributed by atoms with Crippen molar-refractivity contribution in [1.82, 2.24) is 4.90 Å². The van der Waals surface area contributed by atoms with Crippen LogP contribution in [0.5, 0.6) is 0 Å². The molecular formula is C16H13ClN2O3. The Kier molecular flexibility index (Phi) is 3.47. The maximum atomic E-state index is 12.6. The molecule has 2 aromatic rings. The van der Waals surface area contributed by atoms with Crippen molar-refractivity contribution in [1.29, 1.82) is 0 Å². The zero-order valence-electron chi connectivity index (χ0n) is 11.8. The molecule has 0 aromatic heterocycles. The van der Waals surface area contributed by atoms with Crippen LogP contribution >= 0.6 is 11.6 Å². The average molecular weight is 317 g/mol. The van der Waals surface area contributed by atoms with Crippen molar-refractivity contribution in [3.63, 3.8) is 0 Å². The van der Waals surface area contributed by atoms with Gasteiger partial charge in [-0.1, -0.05) is 23.7 Å². The van der Waals surface area contributed by atoms with E-state index in [0.29, 0.717) is 26.9 Å². The number of nitrogens with zero attached hydrogens (tertiary/aromatic N) is 1. The van der Waals surface area contributed by atoms with E-state index in [9.17, 15) is 14.4 Å². The van der Waals surface area contributed by atoms with Gasteiger partial charge in [0.25, 0.3) is 11.8 Å². The fraction of sp³-hybridized carbons (Fsp3) is 0.188. The van der Waals surface area contributed by atoms with Crippen LogP contribution in [0.25, 0.3) is 10.8 Å². The molecule has 6 heteroatoms. The van der Waals surface area contributed by atoms with Crippen molar-refractivity contribution in [2.75, 3.05) is 6.54 Å². The lowest BCUT2D eigenvalue weighted by atomic mass is 9.93. The van der Waals surface area contributed by atoms with Crippen molar-refractivity contribution in [3.8, 4) is 0 Å². The second kappa shape index (κ2) is 5.19. The molecule has 0 aliphatic carbocycles. The summed E-state index contributed by atoms with van der Waals surface area (Å²) in [6.07, 6.45) is 0. The van der Waals surface area contributed by atoms with Crippen LogP contribution in [0.4, 0.5) is 0 Å². The summed E-state index contributed by atoms with van der Waals surface area (Å²) in [4.78, 5) is 37.5. The number of carbonyl (C=O) groups excluding carboxylic acids is 3. The molecule has 0 spiro atoms. The standard InChI is InChI=1S/C16H13ClN2O3/c1-8(20)13(18)7-19-15(21)10-4-2-3-9-12(17)6-5-11(14(9)10)16(19)22/h2-6,13H,7,18H2,1H3. The topological polar surface area (TPSA) is 80.5 Å². The average Bonchev–Trinajstić information content (AvgIpc) is 2.50. The Bertz CT molecular complexity index is 809. The maximum absolute atomic E-state index is 12.6. The number of halogens is 1. The molecule has 2 aromatic carbocycles. The highest BCUT2D eigenvalue weighted by molar-refractivity contribution is 6.38. The monoisotopic (exact) mass is 316 g/mol. The Hall–Kier alpha value is -2.24. The third-order valence-electron chi connectivity index (χ3n) is 3.84. The van der Waals surface area contributed by atoms with Gasteiger partial charge in [-0.15, -0.1) is 0 Å². The van der Waals surface area contributed by atoms with E-state index in [4.69, 9.17) is 17.3 Å². The molecule has 3 rings (SSSR count). The minimum Gasteiger partial charge on any atom is -0.320 e. The quantitative estimate of drug-likeness (QED) is 0.878. The lowest BCUT2D eigenvalue weighted by Crippen LogP contribution is -2.48. The first-order valence-electron chi connectivity index (χ1n) is 6.75. The predicted octanol–water partition coefficient (Wildman–Crippen LogP) is 2.01. The summed E-state index contributed by atoms with van der Waals surface area (Å²) < 4.78 is 0. The second-order valence-electron chi connectivity index (χ2n) is 5.26. The number of nitrogens with two attached hydrogens (primary N) is 1. The maximum Gasteiger partial charge on any atom is 0.261 e. The van der Waals surface area contributed by atoms with E-state index in [2.05, 4.69) is 0 Å². The van der Waals surface area contributed by atoms with Crippen molar-refractivity contribution < 1.29 is 14.4 Å². The molecular weight excluding hydrogens is 304 g/mol. The zero-order chi connectivity index (χ0) is 16.0. The van der Waals surface area contributed by atoms with Crippen molar-refractivity contribution in [3.05, 3.63) is 46.5 Å². The number of hydrogen-bond acceptors (Lipinski definition) is 4. The molecule has 5 nitrogen and oxygen atoms in total. The summed E-state index contributed by atoms with van der Waals surface area (Å²) in [6.45, 7) is 1.20. The first kappa shape index (κ1) is 14.7. The molecule has 1 unspecified atom stereocenters. The fourth-order valence-corrected chi connectivity index (χ4v) is 2.82. The number of rotatable bonds is 3. The first-order chi connectivity index (χ1) is 10.4. The molecule has 0 bridgehead atoms. The normalized spacial score (nSPS) is 15.3. The third kappa shape index (κ3) is 2.10. The lowest BCUT2D eigenvalue weighted by Gasteiger charge is -2.28. The third-order valence-corrected chi connectivity index (χ3v) is 4.17. The molecule has 0 radical (unpaired) electrons. The number of benzene rings is 2. The number of Topliss-reactive ketones (excluding diaryl/α,β-unsaturated/α-hetero) is 1. The number of carbonyl (C=O) groups is 3. The molecule has 2 N–H and O–H groups in total. The number of imide groups is 1. The SMILES string of the molecule is CC(=O)C(N)CN1C(=O)c2cccc3c(Cl)ccc(c23)C1=O. The highest BCUT2D eigenvalue weighted by atomic mass is 35.5. The summed E-state index contributed by atoms with van der Waals surface area (Å²) in [5.74, 6) is -1.19. The van der Waals surface area contributed by atoms with Gasteiger partial charge in [0, 0.05) is 26.9 Å². The molecule has 0 fully saturated rings. The van der Waals surface area contributed by atoms with E-state index in [1.165, 1.54) is 6.92 Å². The van der Waals surface area contributed by atoms with Crippen molar-refractivity contribution >= 4 is 40.0 Å². The van der Waals surface area contributed by atoms with Crippen LogP contribution in [0.3, 0.4) is 0 Å². The predicted molar refractivity (Wildman–Crippen MR) is 83.0 cm³/mol.